The van der Waals surface area contributed by atoms with Gasteiger partial charge in [-0.15, -0.1) is 11.8 Å². The third kappa shape index (κ3) is 2.24. The molecule has 0 aromatic carbocycles. The number of imidazole rings is 1. The molecule has 21 heavy (non-hydrogen) atoms. The van der Waals surface area contributed by atoms with Gasteiger partial charge in [0.1, 0.15) is 34.5 Å². The summed E-state index contributed by atoms with van der Waals surface area (Å²) in [4.78, 5) is 22.1. The van der Waals surface area contributed by atoms with Crippen LogP contribution in [-0.2, 0) is 4.74 Å². The van der Waals surface area contributed by atoms with E-state index < -0.39 is 36.8 Å². The molecule has 0 radical (unpaired) electrons. The Kier molecular flexibility index (Phi) is 3.71. The summed E-state index contributed by atoms with van der Waals surface area (Å²) >= 11 is 1.28. The summed E-state index contributed by atoms with van der Waals surface area (Å²) in [7, 11) is 0. The van der Waals surface area contributed by atoms with Crippen LogP contribution in [0.2, 0.25) is 0 Å². The number of rotatable bonds is 3. The first-order valence-electron chi connectivity index (χ1n) is 6.20. The minimum atomic E-state index is -1.24. The Morgan fingerprint density at radius 2 is 2.24 bits per heavy atom. The van der Waals surface area contributed by atoms with Crippen LogP contribution in [0.5, 0.6) is 0 Å². The summed E-state index contributed by atoms with van der Waals surface area (Å²) in [5.41, 5.74) is 0.273. The molecule has 1 aliphatic heterocycles. The van der Waals surface area contributed by atoms with Crippen molar-refractivity contribution in [2.75, 3.05) is 12.9 Å². The standard InChI is InChI=1S/C11H14N4O5S/c1-21-9-5-8(13-11(19)14-9)15(3-12-5)10-7(18)6(17)4(2-16)20-10/h3-4,6-7,10,16-18H,2H2,1H3,(H,13,14,19)/t4-,6-,7-,10-/m1/s1. The number of ether oxygens (including phenoxy) is 1. The van der Waals surface area contributed by atoms with E-state index >= 15 is 0 Å². The molecule has 1 fully saturated rings. The smallest absolute Gasteiger partial charge is 0.347 e. The van der Waals surface area contributed by atoms with Gasteiger partial charge in [0, 0.05) is 0 Å². The SMILES string of the molecule is CSc1nc(=O)[nH]c2c1ncn2[C@@H]1O[C@H](CO)[C@@H](O)[C@H]1O. The van der Waals surface area contributed by atoms with Gasteiger partial charge in [-0.3, -0.25) is 9.55 Å². The van der Waals surface area contributed by atoms with Crippen molar-refractivity contribution in [1.82, 2.24) is 19.5 Å². The maximum Gasteiger partial charge on any atom is 0.347 e. The number of nitrogens with one attached hydrogen (secondary N) is 1. The zero-order valence-electron chi connectivity index (χ0n) is 11.0. The Hall–Kier alpha value is -1.46. The van der Waals surface area contributed by atoms with E-state index in [1.165, 1.54) is 22.7 Å². The number of aliphatic hydroxyl groups excluding tert-OH is 3. The summed E-state index contributed by atoms with van der Waals surface area (Å²) in [5.74, 6) is 0. The van der Waals surface area contributed by atoms with Gasteiger partial charge < -0.3 is 20.1 Å². The molecule has 3 rings (SSSR count). The highest BCUT2D eigenvalue weighted by atomic mass is 32.2. The number of thioether (sulfide) groups is 1. The highest BCUT2D eigenvalue weighted by molar-refractivity contribution is 7.98. The first-order valence-corrected chi connectivity index (χ1v) is 7.42. The minimum absolute atomic E-state index is 0.342. The number of aromatic nitrogens is 4. The van der Waals surface area contributed by atoms with Crippen molar-refractivity contribution < 1.29 is 20.1 Å². The number of aliphatic hydroxyl groups is 3. The minimum Gasteiger partial charge on any atom is -0.394 e. The number of nitrogens with zero attached hydrogens (tertiary/aromatic N) is 3. The van der Waals surface area contributed by atoms with E-state index in [2.05, 4.69) is 15.0 Å². The molecule has 0 bridgehead atoms. The summed E-state index contributed by atoms with van der Waals surface area (Å²) in [5, 5.41) is 29.4. The molecule has 2 aromatic heterocycles. The molecule has 3 heterocycles. The summed E-state index contributed by atoms with van der Waals surface area (Å²) in [6.07, 6.45) is -1.14. The second-order valence-electron chi connectivity index (χ2n) is 4.63. The van der Waals surface area contributed by atoms with Gasteiger partial charge in [-0.05, 0) is 6.26 Å². The number of H-pyrrole nitrogens is 1. The number of fused-ring (bicyclic) bond motifs is 1. The van der Waals surface area contributed by atoms with Gasteiger partial charge in [-0.1, -0.05) is 0 Å². The maximum absolute atomic E-state index is 11.6. The summed E-state index contributed by atoms with van der Waals surface area (Å²) in [6.45, 7) is -0.421. The molecule has 4 N–H and O–H groups in total. The van der Waals surface area contributed by atoms with E-state index in [4.69, 9.17) is 9.84 Å². The molecule has 0 spiro atoms. The Bertz CT molecular complexity index is 716. The van der Waals surface area contributed by atoms with Gasteiger partial charge in [0.05, 0.1) is 12.9 Å². The molecule has 10 heteroatoms. The van der Waals surface area contributed by atoms with Crippen LogP contribution < -0.4 is 5.69 Å². The summed E-state index contributed by atoms with van der Waals surface area (Å²) in [6, 6.07) is 0. The van der Waals surface area contributed by atoms with E-state index in [0.717, 1.165) is 0 Å². The fraction of sp³-hybridized carbons (Fsp3) is 0.545. The normalized spacial score (nSPS) is 29.3. The van der Waals surface area contributed by atoms with Crippen molar-refractivity contribution in [2.24, 2.45) is 0 Å². The lowest BCUT2D eigenvalue weighted by Gasteiger charge is -2.16. The zero-order chi connectivity index (χ0) is 15.1. The van der Waals surface area contributed by atoms with Crippen molar-refractivity contribution in [1.29, 1.82) is 0 Å². The zero-order valence-corrected chi connectivity index (χ0v) is 11.8. The molecular weight excluding hydrogens is 300 g/mol. The molecule has 114 valence electrons. The molecule has 0 aliphatic carbocycles. The predicted octanol–water partition coefficient (Wildman–Crippen LogP) is -1.55. The van der Waals surface area contributed by atoms with Gasteiger partial charge in [0.2, 0.25) is 0 Å². The third-order valence-electron chi connectivity index (χ3n) is 3.41. The average Bonchev–Trinajstić information content (AvgIpc) is 3.01. The van der Waals surface area contributed by atoms with Crippen LogP contribution in [-0.4, -0.2) is 66.0 Å². The number of hydrogen-bond donors (Lipinski definition) is 4. The number of hydrogen-bond acceptors (Lipinski definition) is 8. The van der Waals surface area contributed by atoms with Crippen molar-refractivity contribution in [3.05, 3.63) is 16.8 Å². The van der Waals surface area contributed by atoms with Gasteiger partial charge >= 0.3 is 5.69 Å². The number of aromatic amines is 1. The monoisotopic (exact) mass is 314 g/mol. The van der Waals surface area contributed by atoms with Crippen molar-refractivity contribution in [2.45, 2.75) is 29.6 Å². The Morgan fingerprint density at radius 1 is 1.48 bits per heavy atom. The Balaban J connectivity index is 2.10. The highest BCUT2D eigenvalue weighted by Crippen LogP contribution is 2.32. The van der Waals surface area contributed by atoms with E-state index in [1.54, 1.807) is 6.26 Å². The van der Waals surface area contributed by atoms with Crippen LogP contribution in [0, 0.1) is 0 Å². The first kappa shape index (κ1) is 14.5. The van der Waals surface area contributed by atoms with E-state index in [9.17, 15) is 15.0 Å². The molecule has 4 atom stereocenters. The largest absolute Gasteiger partial charge is 0.394 e. The van der Waals surface area contributed by atoms with Crippen LogP contribution >= 0.6 is 11.8 Å². The van der Waals surface area contributed by atoms with Crippen LogP contribution in [0.15, 0.2) is 16.1 Å². The lowest BCUT2D eigenvalue weighted by atomic mass is 10.1. The molecule has 2 aromatic rings. The van der Waals surface area contributed by atoms with Crippen molar-refractivity contribution >= 4 is 22.9 Å². The van der Waals surface area contributed by atoms with E-state index in [1.807, 2.05) is 0 Å². The molecule has 1 aliphatic rings. The highest BCUT2D eigenvalue weighted by Gasteiger charge is 2.43. The molecular formula is C11H14N4O5S. The van der Waals surface area contributed by atoms with Crippen LogP contribution in [0.3, 0.4) is 0 Å². The first-order chi connectivity index (χ1) is 10.1. The molecule has 1 saturated heterocycles. The van der Waals surface area contributed by atoms with Crippen LogP contribution in [0.4, 0.5) is 0 Å². The fourth-order valence-electron chi connectivity index (χ4n) is 2.36. The maximum atomic E-state index is 11.6. The fourth-order valence-corrected chi connectivity index (χ4v) is 2.88. The van der Waals surface area contributed by atoms with Gasteiger partial charge in [0.25, 0.3) is 0 Å². The Labute approximate surface area is 122 Å². The molecule has 9 nitrogen and oxygen atoms in total. The molecule has 0 unspecified atom stereocenters. The third-order valence-corrected chi connectivity index (χ3v) is 4.08. The van der Waals surface area contributed by atoms with Crippen molar-refractivity contribution in [3.8, 4) is 0 Å². The van der Waals surface area contributed by atoms with Gasteiger partial charge in [-0.25, -0.2) is 9.78 Å². The quantitative estimate of drug-likeness (QED) is 0.395. The molecule has 0 amide bonds. The topological polar surface area (TPSA) is 133 Å². The van der Waals surface area contributed by atoms with E-state index in [0.29, 0.717) is 16.2 Å². The van der Waals surface area contributed by atoms with Gasteiger partial charge in [0.15, 0.2) is 6.23 Å². The van der Waals surface area contributed by atoms with Gasteiger partial charge in [-0.2, -0.15) is 4.98 Å². The second-order valence-corrected chi connectivity index (χ2v) is 5.42. The van der Waals surface area contributed by atoms with E-state index in [-0.39, 0.29) is 0 Å². The van der Waals surface area contributed by atoms with Crippen LogP contribution in [0.25, 0.3) is 11.2 Å². The second kappa shape index (κ2) is 5.39. The summed E-state index contributed by atoms with van der Waals surface area (Å²) < 4.78 is 6.84. The van der Waals surface area contributed by atoms with Crippen LogP contribution in [0.1, 0.15) is 6.23 Å². The lowest BCUT2D eigenvalue weighted by Crippen LogP contribution is -2.33. The lowest BCUT2D eigenvalue weighted by molar-refractivity contribution is -0.0511. The van der Waals surface area contributed by atoms with Crippen molar-refractivity contribution in [3.63, 3.8) is 0 Å². The Morgan fingerprint density at radius 3 is 2.86 bits per heavy atom. The average molecular weight is 314 g/mol. The molecule has 0 saturated carbocycles. The predicted molar refractivity (Wildman–Crippen MR) is 72.9 cm³/mol.